The first-order valence-electron chi connectivity index (χ1n) is 6.98. The van der Waals surface area contributed by atoms with Gasteiger partial charge in [0.15, 0.2) is 0 Å². The summed E-state index contributed by atoms with van der Waals surface area (Å²) in [5.74, 6) is -0.0220. The van der Waals surface area contributed by atoms with E-state index in [1.165, 1.54) is 12.1 Å². The highest BCUT2D eigenvalue weighted by Gasteiger charge is 2.16. The molecular weight excluding hydrogens is 270 g/mol. The van der Waals surface area contributed by atoms with Crippen molar-refractivity contribution in [1.82, 2.24) is 10.2 Å². The maximum Gasteiger partial charge on any atom is 0.269 e. The minimum Gasteiger partial charge on any atom is -0.350 e. The van der Waals surface area contributed by atoms with Crippen LogP contribution in [0, 0.1) is 10.1 Å². The zero-order valence-corrected chi connectivity index (χ0v) is 13.0. The number of hydrogen-bond donors (Lipinski definition) is 1. The zero-order chi connectivity index (χ0) is 16.0. The zero-order valence-electron chi connectivity index (χ0n) is 13.0. The summed E-state index contributed by atoms with van der Waals surface area (Å²) in [5, 5.41) is 13.5. The van der Waals surface area contributed by atoms with Gasteiger partial charge >= 0.3 is 0 Å². The van der Waals surface area contributed by atoms with Crippen LogP contribution in [0.25, 0.3) is 0 Å². The van der Waals surface area contributed by atoms with Crippen LogP contribution in [0.15, 0.2) is 24.3 Å². The Morgan fingerprint density at radius 2 is 1.86 bits per heavy atom. The molecule has 6 heteroatoms. The second-order valence-electron chi connectivity index (χ2n) is 6.03. The SMILES string of the molecule is CCN(CC(=O)NC(C)(C)C)Cc1ccc([N+](=O)[O-])cc1. The van der Waals surface area contributed by atoms with Gasteiger partial charge in [0.05, 0.1) is 11.5 Å². The summed E-state index contributed by atoms with van der Waals surface area (Å²) in [6.45, 7) is 9.44. The Hall–Kier alpha value is -1.95. The van der Waals surface area contributed by atoms with E-state index in [4.69, 9.17) is 0 Å². The number of benzene rings is 1. The number of rotatable bonds is 6. The Morgan fingerprint density at radius 3 is 2.29 bits per heavy atom. The molecule has 1 rings (SSSR count). The predicted octanol–water partition coefficient (Wildman–Crippen LogP) is 2.33. The Kier molecular flexibility index (Phi) is 5.84. The number of nitro benzene ring substituents is 1. The van der Waals surface area contributed by atoms with E-state index < -0.39 is 4.92 Å². The van der Waals surface area contributed by atoms with Crippen LogP contribution in [0.5, 0.6) is 0 Å². The topological polar surface area (TPSA) is 75.5 Å². The minimum absolute atomic E-state index is 0.0220. The molecule has 1 amide bonds. The van der Waals surface area contributed by atoms with Gasteiger partial charge in [-0.3, -0.25) is 19.8 Å². The lowest BCUT2D eigenvalue weighted by molar-refractivity contribution is -0.384. The molecular formula is C15H23N3O3. The van der Waals surface area contributed by atoms with Crippen molar-refractivity contribution in [1.29, 1.82) is 0 Å². The summed E-state index contributed by atoms with van der Waals surface area (Å²) in [5.41, 5.74) is 0.780. The molecule has 0 saturated heterocycles. The Balaban J connectivity index is 2.61. The second-order valence-corrected chi connectivity index (χ2v) is 6.03. The van der Waals surface area contributed by atoms with Crippen LogP contribution in [0.3, 0.4) is 0 Å². The van der Waals surface area contributed by atoms with Crippen molar-refractivity contribution in [3.8, 4) is 0 Å². The summed E-state index contributed by atoms with van der Waals surface area (Å²) in [7, 11) is 0. The fraction of sp³-hybridized carbons (Fsp3) is 0.533. The lowest BCUT2D eigenvalue weighted by Gasteiger charge is -2.24. The number of hydrogen-bond acceptors (Lipinski definition) is 4. The summed E-state index contributed by atoms with van der Waals surface area (Å²) in [6, 6.07) is 6.42. The van der Waals surface area contributed by atoms with Crippen molar-refractivity contribution in [2.24, 2.45) is 0 Å². The van der Waals surface area contributed by atoms with Crippen molar-refractivity contribution in [2.45, 2.75) is 39.8 Å². The molecule has 0 saturated carbocycles. The first kappa shape index (κ1) is 17.1. The molecule has 0 heterocycles. The molecule has 0 fully saturated rings. The molecule has 1 aromatic rings. The molecule has 0 aromatic heterocycles. The van der Waals surface area contributed by atoms with Gasteiger partial charge in [0.25, 0.3) is 5.69 Å². The number of likely N-dealkylation sites (N-methyl/N-ethyl adjacent to an activating group) is 1. The van der Waals surface area contributed by atoms with E-state index in [2.05, 4.69) is 5.32 Å². The Bertz CT molecular complexity index is 492. The Labute approximate surface area is 125 Å². The number of nitro groups is 1. The van der Waals surface area contributed by atoms with Gasteiger partial charge in [0, 0.05) is 24.2 Å². The minimum atomic E-state index is -0.419. The van der Waals surface area contributed by atoms with Gasteiger partial charge in [0.1, 0.15) is 0 Å². The Morgan fingerprint density at radius 1 is 1.29 bits per heavy atom. The summed E-state index contributed by atoms with van der Waals surface area (Å²) in [4.78, 5) is 24.1. The molecule has 21 heavy (non-hydrogen) atoms. The van der Waals surface area contributed by atoms with Crippen molar-refractivity contribution in [3.05, 3.63) is 39.9 Å². The highest BCUT2D eigenvalue weighted by Crippen LogP contribution is 2.13. The van der Waals surface area contributed by atoms with Crippen molar-refractivity contribution in [2.75, 3.05) is 13.1 Å². The maximum absolute atomic E-state index is 11.9. The molecule has 0 aliphatic rings. The van der Waals surface area contributed by atoms with Gasteiger partial charge in [-0.1, -0.05) is 19.1 Å². The molecule has 1 N–H and O–H groups in total. The third-order valence-corrected chi connectivity index (χ3v) is 2.88. The van der Waals surface area contributed by atoms with Gasteiger partial charge in [-0.05, 0) is 32.9 Å². The lowest BCUT2D eigenvalue weighted by Crippen LogP contribution is -2.45. The van der Waals surface area contributed by atoms with Gasteiger partial charge in [0.2, 0.25) is 5.91 Å². The molecule has 6 nitrogen and oxygen atoms in total. The molecule has 0 radical (unpaired) electrons. The average Bonchev–Trinajstić information content (AvgIpc) is 2.36. The maximum atomic E-state index is 11.9. The normalized spacial score (nSPS) is 11.5. The van der Waals surface area contributed by atoms with E-state index >= 15 is 0 Å². The fourth-order valence-corrected chi connectivity index (χ4v) is 1.92. The van der Waals surface area contributed by atoms with E-state index in [1.54, 1.807) is 12.1 Å². The molecule has 0 unspecified atom stereocenters. The van der Waals surface area contributed by atoms with Crippen LogP contribution in [0.4, 0.5) is 5.69 Å². The van der Waals surface area contributed by atoms with Gasteiger partial charge < -0.3 is 5.32 Å². The molecule has 0 aliphatic carbocycles. The van der Waals surface area contributed by atoms with Crippen LogP contribution >= 0.6 is 0 Å². The van der Waals surface area contributed by atoms with Crippen molar-refractivity contribution in [3.63, 3.8) is 0 Å². The molecule has 116 valence electrons. The summed E-state index contributed by atoms with van der Waals surface area (Å²) >= 11 is 0. The number of nitrogens with zero attached hydrogens (tertiary/aromatic N) is 2. The van der Waals surface area contributed by atoms with Crippen LogP contribution in [-0.4, -0.2) is 34.4 Å². The smallest absolute Gasteiger partial charge is 0.269 e. The van der Waals surface area contributed by atoms with Crippen LogP contribution in [-0.2, 0) is 11.3 Å². The monoisotopic (exact) mass is 293 g/mol. The summed E-state index contributed by atoms with van der Waals surface area (Å²) in [6.07, 6.45) is 0. The quantitative estimate of drug-likeness (QED) is 0.645. The first-order valence-corrected chi connectivity index (χ1v) is 6.98. The third kappa shape index (κ3) is 6.35. The van der Waals surface area contributed by atoms with Crippen LogP contribution in [0.2, 0.25) is 0 Å². The van der Waals surface area contributed by atoms with Crippen LogP contribution < -0.4 is 5.32 Å². The van der Waals surface area contributed by atoms with Gasteiger partial charge in [-0.25, -0.2) is 0 Å². The van der Waals surface area contributed by atoms with E-state index in [-0.39, 0.29) is 17.1 Å². The second kappa shape index (κ2) is 7.17. The van der Waals surface area contributed by atoms with Crippen molar-refractivity contribution >= 4 is 11.6 Å². The number of nitrogens with one attached hydrogen (secondary N) is 1. The van der Waals surface area contributed by atoms with E-state index in [1.807, 2.05) is 32.6 Å². The lowest BCUT2D eigenvalue weighted by atomic mass is 10.1. The summed E-state index contributed by atoms with van der Waals surface area (Å²) < 4.78 is 0. The molecule has 0 bridgehead atoms. The first-order chi connectivity index (χ1) is 9.71. The highest BCUT2D eigenvalue weighted by molar-refractivity contribution is 5.78. The van der Waals surface area contributed by atoms with E-state index in [9.17, 15) is 14.9 Å². The van der Waals surface area contributed by atoms with E-state index in [0.29, 0.717) is 13.1 Å². The molecule has 0 aliphatic heterocycles. The fourth-order valence-electron chi connectivity index (χ4n) is 1.92. The number of carbonyl (C=O) groups is 1. The third-order valence-electron chi connectivity index (χ3n) is 2.88. The van der Waals surface area contributed by atoms with Gasteiger partial charge in [-0.15, -0.1) is 0 Å². The van der Waals surface area contributed by atoms with Crippen molar-refractivity contribution < 1.29 is 9.72 Å². The number of carbonyl (C=O) groups excluding carboxylic acids is 1. The predicted molar refractivity (Wildman–Crippen MR) is 81.9 cm³/mol. The number of amides is 1. The van der Waals surface area contributed by atoms with Crippen LogP contribution in [0.1, 0.15) is 33.3 Å². The largest absolute Gasteiger partial charge is 0.350 e. The molecule has 0 atom stereocenters. The molecule has 1 aromatic carbocycles. The molecule has 0 spiro atoms. The van der Waals surface area contributed by atoms with E-state index in [0.717, 1.165) is 12.1 Å². The average molecular weight is 293 g/mol. The standard InChI is InChI=1S/C15H23N3O3/c1-5-17(11-14(19)16-15(2,3)4)10-12-6-8-13(9-7-12)18(20)21/h6-9H,5,10-11H2,1-4H3,(H,16,19). The van der Waals surface area contributed by atoms with Gasteiger partial charge in [-0.2, -0.15) is 0 Å². The number of non-ortho nitro benzene ring substituents is 1. The highest BCUT2D eigenvalue weighted by atomic mass is 16.6.